The van der Waals surface area contributed by atoms with Crippen LogP contribution in [0.2, 0.25) is 0 Å². The maximum Gasteiger partial charge on any atom is 0.416 e. The van der Waals surface area contributed by atoms with Crippen molar-refractivity contribution in [3.63, 3.8) is 0 Å². The van der Waals surface area contributed by atoms with E-state index in [0.717, 1.165) is 22.6 Å². The van der Waals surface area contributed by atoms with E-state index in [1.165, 1.54) is 23.5 Å². The van der Waals surface area contributed by atoms with E-state index < -0.39 is 11.7 Å². The van der Waals surface area contributed by atoms with Crippen LogP contribution in [-0.2, 0) is 17.4 Å². The van der Waals surface area contributed by atoms with Gasteiger partial charge in [0.05, 0.1) is 12.0 Å². The molecule has 0 unspecified atom stereocenters. The average Bonchev–Trinajstić information content (AvgIpc) is 2.74. The van der Waals surface area contributed by atoms with Crippen LogP contribution in [0, 0.1) is 6.92 Å². The summed E-state index contributed by atoms with van der Waals surface area (Å²) >= 11 is 1.48. The minimum absolute atomic E-state index is 0.222. The van der Waals surface area contributed by atoms with Gasteiger partial charge in [-0.1, -0.05) is 0 Å². The SMILES string of the molecule is Cc1csc(CC(=O)Nc2ccc(C(F)(F)F)cc2)c1. The van der Waals surface area contributed by atoms with Crippen molar-refractivity contribution in [2.24, 2.45) is 0 Å². The van der Waals surface area contributed by atoms with Crippen LogP contribution in [0.25, 0.3) is 0 Å². The fraction of sp³-hybridized carbons (Fsp3) is 0.214. The van der Waals surface area contributed by atoms with Gasteiger partial charge in [-0.2, -0.15) is 13.2 Å². The number of nitrogens with one attached hydrogen (secondary N) is 1. The fourth-order valence-electron chi connectivity index (χ4n) is 1.69. The molecule has 0 saturated heterocycles. The summed E-state index contributed by atoms with van der Waals surface area (Å²) in [6.45, 7) is 1.94. The second-order valence-electron chi connectivity index (χ2n) is 4.39. The topological polar surface area (TPSA) is 29.1 Å². The lowest BCUT2D eigenvalue weighted by Crippen LogP contribution is -2.14. The molecular weight excluding hydrogens is 287 g/mol. The summed E-state index contributed by atoms with van der Waals surface area (Å²) in [6, 6.07) is 6.31. The zero-order chi connectivity index (χ0) is 14.8. The first kappa shape index (κ1) is 14.6. The molecule has 0 aliphatic carbocycles. The van der Waals surface area contributed by atoms with Gasteiger partial charge in [0.1, 0.15) is 0 Å². The molecule has 2 rings (SSSR count). The molecule has 0 fully saturated rings. The molecule has 1 heterocycles. The lowest BCUT2D eigenvalue weighted by Gasteiger charge is -2.08. The van der Waals surface area contributed by atoms with Crippen molar-refractivity contribution < 1.29 is 18.0 Å². The number of aryl methyl sites for hydroxylation is 1. The molecule has 0 radical (unpaired) electrons. The fourth-order valence-corrected chi connectivity index (χ4v) is 2.56. The van der Waals surface area contributed by atoms with Crippen LogP contribution in [0.3, 0.4) is 0 Å². The third-order valence-corrected chi connectivity index (χ3v) is 3.67. The lowest BCUT2D eigenvalue weighted by molar-refractivity contribution is -0.137. The predicted octanol–water partition coefficient (Wildman–Crippen LogP) is 4.26. The van der Waals surface area contributed by atoms with Gasteiger partial charge in [-0.3, -0.25) is 4.79 Å². The summed E-state index contributed by atoms with van der Waals surface area (Å²) < 4.78 is 37.2. The van der Waals surface area contributed by atoms with Gasteiger partial charge in [-0.25, -0.2) is 0 Å². The Morgan fingerprint density at radius 2 is 1.90 bits per heavy atom. The highest BCUT2D eigenvalue weighted by Gasteiger charge is 2.29. The zero-order valence-corrected chi connectivity index (χ0v) is 11.4. The smallest absolute Gasteiger partial charge is 0.326 e. The van der Waals surface area contributed by atoms with E-state index in [-0.39, 0.29) is 12.3 Å². The normalized spacial score (nSPS) is 11.4. The van der Waals surface area contributed by atoms with Gasteiger partial charge in [-0.15, -0.1) is 11.3 Å². The Labute approximate surface area is 118 Å². The van der Waals surface area contributed by atoms with Crippen LogP contribution in [-0.4, -0.2) is 5.91 Å². The molecule has 1 amide bonds. The van der Waals surface area contributed by atoms with E-state index in [4.69, 9.17) is 0 Å². The Morgan fingerprint density at radius 3 is 2.40 bits per heavy atom. The summed E-state index contributed by atoms with van der Waals surface area (Å²) in [5.74, 6) is -0.244. The second-order valence-corrected chi connectivity index (χ2v) is 5.39. The molecule has 2 nitrogen and oxygen atoms in total. The van der Waals surface area contributed by atoms with Gasteiger partial charge in [0, 0.05) is 10.6 Å². The third-order valence-electron chi connectivity index (χ3n) is 2.62. The van der Waals surface area contributed by atoms with Crippen molar-refractivity contribution in [3.8, 4) is 0 Å². The molecule has 2 aromatic rings. The number of hydrogen-bond donors (Lipinski definition) is 1. The molecule has 0 aliphatic rings. The molecule has 0 atom stereocenters. The first-order chi connectivity index (χ1) is 9.34. The molecule has 1 aromatic carbocycles. The quantitative estimate of drug-likeness (QED) is 0.901. The summed E-state index contributed by atoms with van der Waals surface area (Å²) in [6.07, 6.45) is -4.14. The number of alkyl halides is 3. The molecule has 20 heavy (non-hydrogen) atoms. The summed E-state index contributed by atoms with van der Waals surface area (Å²) in [4.78, 5) is 12.7. The van der Waals surface area contributed by atoms with Crippen LogP contribution >= 0.6 is 11.3 Å². The number of halogens is 3. The van der Waals surface area contributed by atoms with E-state index in [1.807, 2.05) is 18.4 Å². The molecule has 0 saturated carbocycles. The van der Waals surface area contributed by atoms with E-state index in [0.29, 0.717) is 5.69 Å². The van der Waals surface area contributed by atoms with Crippen LogP contribution in [0.1, 0.15) is 16.0 Å². The molecule has 1 N–H and O–H groups in total. The Balaban J connectivity index is 1.98. The van der Waals surface area contributed by atoms with Crippen molar-refractivity contribution >= 4 is 22.9 Å². The number of hydrogen-bond acceptors (Lipinski definition) is 2. The monoisotopic (exact) mass is 299 g/mol. The van der Waals surface area contributed by atoms with E-state index in [9.17, 15) is 18.0 Å². The Hall–Kier alpha value is -1.82. The minimum Gasteiger partial charge on any atom is -0.326 e. The molecule has 6 heteroatoms. The van der Waals surface area contributed by atoms with Gasteiger partial charge in [0.25, 0.3) is 0 Å². The largest absolute Gasteiger partial charge is 0.416 e. The van der Waals surface area contributed by atoms with Gasteiger partial charge >= 0.3 is 6.18 Å². The number of thiophene rings is 1. The number of rotatable bonds is 3. The standard InChI is InChI=1S/C14H12F3NOS/c1-9-6-12(20-8-9)7-13(19)18-11-4-2-10(3-5-11)14(15,16)17/h2-6,8H,7H2,1H3,(H,18,19). The molecule has 0 spiro atoms. The third kappa shape index (κ3) is 3.84. The number of carbonyl (C=O) groups is 1. The Morgan fingerprint density at radius 1 is 1.25 bits per heavy atom. The first-order valence-corrected chi connectivity index (χ1v) is 6.74. The Bertz CT molecular complexity index is 602. The summed E-state index contributed by atoms with van der Waals surface area (Å²) in [5, 5.41) is 4.52. The van der Waals surface area contributed by atoms with Gasteiger partial charge in [0.2, 0.25) is 5.91 Å². The highest BCUT2D eigenvalue weighted by molar-refractivity contribution is 7.10. The minimum atomic E-state index is -4.36. The second kappa shape index (κ2) is 5.66. The van der Waals surface area contributed by atoms with E-state index >= 15 is 0 Å². The molecular formula is C14H12F3NOS. The van der Waals surface area contributed by atoms with Crippen molar-refractivity contribution in [1.82, 2.24) is 0 Å². The van der Waals surface area contributed by atoms with Gasteiger partial charge in [-0.05, 0) is 48.2 Å². The van der Waals surface area contributed by atoms with Crippen LogP contribution in [0.5, 0.6) is 0 Å². The van der Waals surface area contributed by atoms with Crippen molar-refractivity contribution in [3.05, 3.63) is 51.7 Å². The average molecular weight is 299 g/mol. The summed E-state index contributed by atoms with van der Waals surface area (Å²) in [5.41, 5.74) is 0.716. The highest BCUT2D eigenvalue weighted by Crippen LogP contribution is 2.29. The van der Waals surface area contributed by atoms with Crippen LogP contribution in [0.4, 0.5) is 18.9 Å². The lowest BCUT2D eigenvalue weighted by atomic mass is 10.2. The van der Waals surface area contributed by atoms with E-state index in [1.54, 1.807) is 0 Å². The highest BCUT2D eigenvalue weighted by atomic mass is 32.1. The van der Waals surface area contributed by atoms with E-state index in [2.05, 4.69) is 5.32 Å². The summed E-state index contributed by atoms with van der Waals surface area (Å²) in [7, 11) is 0. The Kier molecular flexibility index (Phi) is 4.13. The van der Waals surface area contributed by atoms with Crippen LogP contribution in [0.15, 0.2) is 35.7 Å². The van der Waals surface area contributed by atoms with Gasteiger partial charge < -0.3 is 5.32 Å². The van der Waals surface area contributed by atoms with Crippen molar-refractivity contribution in [2.75, 3.05) is 5.32 Å². The number of anilines is 1. The molecule has 0 bridgehead atoms. The van der Waals surface area contributed by atoms with Crippen LogP contribution < -0.4 is 5.32 Å². The maximum absolute atomic E-state index is 12.4. The number of carbonyl (C=O) groups excluding carboxylic acids is 1. The first-order valence-electron chi connectivity index (χ1n) is 5.86. The van der Waals surface area contributed by atoms with Gasteiger partial charge in [0.15, 0.2) is 0 Å². The number of benzene rings is 1. The van der Waals surface area contributed by atoms with Crippen molar-refractivity contribution in [1.29, 1.82) is 0 Å². The van der Waals surface area contributed by atoms with Crippen molar-refractivity contribution in [2.45, 2.75) is 19.5 Å². The molecule has 0 aliphatic heterocycles. The molecule has 106 valence electrons. The maximum atomic E-state index is 12.4. The number of amides is 1. The molecule has 1 aromatic heterocycles. The zero-order valence-electron chi connectivity index (χ0n) is 10.6. The predicted molar refractivity (Wildman–Crippen MR) is 72.8 cm³/mol.